The second-order valence-corrected chi connectivity index (χ2v) is 8.04. The number of hydrogen-bond donors (Lipinski definition) is 0. The second kappa shape index (κ2) is 5.05. The van der Waals surface area contributed by atoms with Crippen LogP contribution in [0.1, 0.15) is 36.7 Å². The van der Waals surface area contributed by atoms with Gasteiger partial charge in [-0.25, -0.2) is 4.98 Å². The lowest BCUT2D eigenvalue weighted by Gasteiger charge is -2.50. The highest BCUT2D eigenvalue weighted by Crippen LogP contribution is 2.43. The molecule has 2 amide bonds. The molecule has 5 nitrogen and oxygen atoms in total. The zero-order chi connectivity index (χ0) is 15.3. The van der Waals surface area contributed by atoms with Gasteiger partial charge in [0.2, 0.25) is 5.91 Å². The van der Waals surface area contributed by atoms with Crippen molar-refractivity contribution in [2.24, 2.45) is 17.3 Å². The van der Waals surface area contributed by atoms with Crippen molar-refractivity contribution in [2.75, 3.05) is 26.2 Å². The Balaban J connectivity index is 1.32. The highest BCUT2D eigenvalue weighted by Gasteiger charge is 2.51. The molecule has 1 saturated carbocycles. The summed E-state index contributed by atoms with van der Waals surface area (Å²) in [6, 6.07) is 0. The predicted molar refractivity (Wildman–Crippen MR) is 83.5 cm³/mol. The third kappa shape index (κ3) is 2.24. The van der Waals surface area contributed by atoms with E-state index in [1.165, 1.54) is 11.3 Å². The number of nitrogens with zero attached hydrogens (tertiary/aromatic N) is 3. The van der Waals surface area contributed by atoms with Crippen molar-refractivity contribution < 1.29 is 9.59 Å². The molecule has 2 saturated heterocycles. The van der Waals surface area contributed by atoms with Crippen LogP contribution in [0.25, 0.3) is 0 Å². The van der Waals surface area contributed by atoms with Crippen LogP contribution in [0.2, 0.25) is 0 Å². The highest BCUT2D eigenvalue weighted by molar-refractivity contribution is 7.07. The molecule has 0 aromatic carbocycles. The van der Waals surface area contributed by atoms with E-state index in [1.807, 2.05) is 15.2 Å². The fraction of sp³-hybridized carbons (Fsp3) is 0.688. The predicted octanol–water partition coefficient (Wildman–Crippen LogP) is 1.86. The summed E-state index contributed by atoms with van der Waals surface area (Å²) in [5, 5.41) is 1.81. The van der Waals surface area contributed by atoms with Gasteiger partial charge in [0.25, 0.3) is 5.91 Å². The Morgan fingerprint density at radius 1 is 1.27 bits per heavy atom. The molecule has 1 aliphatic carbocycles. The summed E-state index contributed by atoms with van der Waals surface area (Å²) in [6.07, 6.45) is 3.11. The Morgan fingerprint density at radius 3 is 2.64 bits per heavy atom. The lowest BCUT2D eigenvalue weighted by Crippen LogP contribution is -2.61. The number of aromatic nitrogens is 1. The lowest BCUT2D eigenvalue weighted by molar-refractivity contribution is -0.151. The summed E-state index contributed by atoms with van der Waals surface area (Å²) in [4.78, 5) is 32.7. The maximum absolute atomic E-state index is 12.3. The van der Waals surface area contributed by atoms with Crippen molar-refractivity contribution in [1.29, 1.82) is 0 Å². The number of carbonyl (C=O) groups is 2. The van der Waals surface area contributed by atoms with Crippen LogP contribution in [0.4, 0.5) is 0 Å². The zero-order valence-electron chi connectivity index (χ0n) is 12.8. The Labute approximate surface area is 134 Å². The van der Waals surface area contributed by atoms with Crippen LogP contribution in [0.5, 0.6) is 0 Å². The van der Waals surface area contributed by atoms with E-state index in [9.17, 15) is 9.59 Å². The lowest BCUT2D eigenvalue weighted by atomic mass is 9.72. The number of rotatable bonds is 2. The molecule has 1 aromatic rings. The topological polar surface area (TPSA) is 53.5 Å². The van der Waals surface area contributed by atoms with Gasteiger partial charge in [0.1, 0.15) is 5.69 Å². The SMILES string of the molecule is CC1CC(C(=O)N2CC3(CCN(C(=O)c4cscn4)C3)C2)C1. The fourth-order valence-corrected chi connectivity index (χ4v) is 4.65. The molecule has 0 N–H and O–H groups in total. The summed E-state index contributed by atoms with van der Waals surface area (Å²) >= 11 is 1.45. The monoisotopic (exact) mass is 319 g/mol. The Hall–Kier alpha value is -1.43. The van der Waals surface area contributed by atoms with Gasteiger partial charge in [-0.05, 0) is 25.2 Å². The van der Waals surface area contributed by atoms with Crippen molar-refractivity contribution in [3.8, 4) is 0 Å². The van der Waals surface area contributed by atoms with Gasteiger partial charge in [0.15, 0.2) is 0 Å². The van der Waals surface area contributed by atoms with E-state index in [0.29, 0.717) is 17.5 Å². The minimum atomic E-state index is 0.0377. The average molecular weight is 319 g/mol. The van der Waals surface area contributed by atoms with E-state index < -0.39 is 0 Å². The minimum Gasteiger partial charge on any atom is -0.341 e. The zero-order valence-corrected chi connectivity index (χ0v) is 13.6. The van der Waals surface area contributed by atoms with E-state index in [0.717, 1.165) is 45.4 Å². The molecule has 2 aliphatic heterocycles. The van der Waals surface area contributed by atoms with Crippen LogP contribution in [0.3, 0.4) is 0 Å². The molecule has 0 atom stereocenters. The van der Waals surface area contributed by atoms with Crippen molar-refractivity contribution in [2.45, 2.75) is 26.2 Å². The van der Waals surface area contributed by atoms with Crippen LogP contribution in [-0.4, -0.2) is 52.8 Å². The Morgan fingerprint density at radius 2 is 2.00 bits per heavy atom. The van der Waals surface area contributed by atoms with Gasteiger partial charge >= 0.3 is 0 Å². The first-order valence-electron chi connectivity index (χ1n) is 8.03. The standard InChI is InChI=1S/C16H21N3O2S/c1-11-4-12(5-11)14(20)19-8-16(9-19)2-3-18(7-16)15(21)13-6-22-10-17-13/h6,10-12H,2-5,7-9H2,1H3. The Kier molecular flexibility index (Phi) is 3.25. The van der Waals surface area contributed by atoms with Gasteiger partial charge in [-0.15, -0.1) is 11.3 Å². The average Bonchev–Trinajstić information content (AvgIpc) is 3.09. The molecule has 3 aliphatic rings. The van der Waals surface area contributed by atoms with E-state index >= 15 is 0 Å². The maximum atomic E-state index is 12.3. The van der Waals surface area contributed by atoms with E-state index in [1.54, 1.807) is 5.51 Å². The van der Waals surface area contributed by atoms with Crippen LogP contribution >= 0.6 is 11.3 Å². The maximum Gasteiger partial charge on any atom is 0.273 e. The first kappa shape index (κ1) is 14.2. The van der Waals surface area contributed by atoms with Crippen LogP contribution in [0, 0.1) is 17.3 Å². The number of amides is 2. The first-order chi connectivity index (χ1) is 10.6. The molecule has 1 aromatic heterocycles. The van der Waals surface area contributed by atoms with Gasteiger partial charge in [0.05, 0.1) is 5.51 Å². The van der Waals surface area contributed by atoms with E-state index in [2.05, 4.69) is 11.9 Å². The summed E-state index contributed by atoms with van der Waals surface area (Å²) in [7, 11) is 0. The third-order valence-electron chi connectivity index (χ3n) is 5.46. The molecule has 1 spiro atoms. The number of thiazole rings is 1. The molecule has 22 heavy (non-hydrogen) atoms. The number of carbonyl (C=O) groups excluding carboxylic acids is 2. The molecule has 4 rings (SSSR count). The molecule has 0 bridgehead atoms. The van der Waals surface area contributed by atoms with Crippen molar-refractivity contribution in [1.82, 2.24) is 14.8 Å². The van der Waals surface area contributed by atoms with Crippen LogP contribution in [0.15, 0.2) is 10.9 Å². The molecule has 0 unspecified atom stereocenters. The first-order valence-corrected chi connectivity index (χ1v) is 8.97. The van der Waals surface area contributed by atoms with Gasteiger partial charge in [0, 0.05) is 42.9 Å². The van der Waals surface area contributed by atoms with Crippen LogP contribution < -0.4 is 0 Å². The van der Waals surface area contributed by atoms with E-state index in [-0.39, 0.29) is 17.2 Å². The normalized spacial score (nSPS) is 29.3. The summed E-state index contributed by atoms with van der Waals surface area (Å²) in [5.41, 5.74) is 2.40. The summed E-state index contributed by atoms with van der Waals surface area (Å²) in [5.74, 6) is 1.35. The van der Waals surface area contributed by atoms with Gasteiger partial charge in [-0.3, -0.25) is 9.59 Å². The molecule has 3 fully saturated rings. The molecule has 0 radical (unpaired) electrons. The minimum absolute atomic E-state index is 0.0377. The molecule has 3 heterocycles. The number of likely N-dealkylation sites (tertiary alicyclic amines) is 2. The van der Waals surface area contributed by atoms with Gasteiger partial charge in [-0.1, -0.05) is 6.92 Å². The molecular formula is C16H21N3O2S. The van der Waals surface area contributed by atoms with Crippen molar-refractivity contribution >= 4 is 23.2 Å². The van der Waals surface area contributed by atoms with Gasteiger partial charge in [-0.2, -0.15) is 0 Å². The largest absolute Gasteiger partial charge is 0.341 e. The summed E-state index contributed by atoms with van der Waals surface area (Å²) < 4.78 is 0. The molecule has 6 heteroatoms. The smallest absolute Gasteiger partial charge is 0.273 e. The van der Waals surface area contributed by atoms with Crippen molar-refractivity contribution in [3.05, 3.63) is 16.6 Å². The quantitative estimate of drug-likeness (QED) is 0.836. The molecular weight excluding hydrogens is 298 g/mol. The Bertz CT molecular complexity index is 589. The van der Waals surface area contributed by atoms with E-state index in [4.69, 9.17) is 0 Å². The second-order valence-electron chi connectivity index (χ2n) is 7.32. The third-order valence-corrected chi connectivity index (χ3v) is 6.05. The fourth-order valence-electron chi connectivity index (χ4n) is 4.13. The highest BCUT2D eigenvalue weighted by atomic mass is 32.1. The molecule has 118 valence electrons. The van der Waals surface area contributed by atoms with Gasteiger partial charge < -0.3 is 9.80 Å². The summed E-state index contributed by atoms with van der Waals surface area (Å²) in [6.45, 7) is 5.43. The van der Waals surface area contributed by atoms with Crippen molar-refractivity contribution in [3.63, 3.8) is 0 Å². The van der Waals surface area contributed by atoms with Crippen LogP contribution in [-0.2, 0) is 4.79 Å². The number of hydrogen-bond acceptors (Lipinski definition) is 4.